The van der Waals surface area contributed by atoms with Gasteiger partial charge >= 0.3 is 0 Å². The number of nitrogens with one attached hydrogen (secondary N) is 2. The van der Waals surface area contributed by atoms with E-state index in [2.05, 4.69) is 27.8 Å². The molecule has 7 nitrogen and oxygen atoms in total. The molecule has 0 radical (unpaired) electrons. The van der Waals surface area contributed by atoms with Crippen LogP contribution in [0.15, 0.2) is 39.7 Å². The second kappa shape index (κ2) is 11.7. The standard InChI is InChI=1S/C24H34N4O3.HI/c1-5-25-23(27-16-24(4,30)21-12-17(2)31-18(21)3)26-14-19-8-6-9-20(13-19)15-28-11-7-10-22(28)29;/h6,8-9,12-13,30H,5,7,10-11,14-16H2,1-4H3,(H2,25,26,27);1H. The number of carbonyl (C=O) groups is 1. The number of hydrogen-bond donors (Lipinski definition) is 3. The van der Waals surface area contributed by atoms with Crippen LogP contribution in [0.25, 0.3) is 0 Å². The largest absolute Gasteiger partial charge is 0.466 e. The predicted octanol–water partition coefficient (Wildman–Crippen LogP) is 3.60. The summed E-state index contributed by atoms with van der Waals surface area (Å²) in [7, 11) is 0. The second-order valence-electron chi connectivity index (χ2n) is 8.39. The van der Waals surface area contributed by atoms with Crippen LogP contribution in [0.5, 0.6) is 0 Å². The van der Waals surface area contributed by atoms with Crippen molar-refractivity contribution in [3.8, 4) is 0 Å². The Morgan fingerprint density at radius 1 is 1.25 bits per heavy atom. The molecular formula is C24H35IN4O3. The number of amides is 1. The highest BCUT2D eigenvalue weighted by atomic mass is 127. The lowest BCUT2D eigenvalue weighted by Gasteiger charge is -2.24. The number of aliphatic hydroxyl groups is 1. The lowest BCUT2D eigenvalue weighted by atomic mass is 9.96. The van der Waals surface area contributed by atoms with Crippen LogP contribution in [0.3, 0.4) is 0 Å². The van der Waals surface area contributed by atoms with Crippen LogP contribution in [0.2, 0.25) is 0 Å². The zero-order valence-corrected chi connectivity index (χ0v) is 21.7. The van der Waals surface area contributed by atoms with Gasteiger partial charge in [0.15, 0.2) is 5.96 Å². The Morgan fingerprint density at radius 2 is 2.00 bits per heavy atom. The lowest BCUT2D eigenvalue weighted by Crippen LogP contribution is -2.44. The van der Waals surface area contributed by atoms with Gasteiger partial charge < -0.3 is 25.1 Å². The van der Waals surface area contributed by atoms with Crippen molar-refractivity contribution in [2.75, 3.05) is 19.6 Å². The number of aliphatic imine (C=N–C) groups is 1. The van der Waals surface area contributed by atoms with Gasteiger partial charge in [-0.25, -0.2) is 4.99 Å². The summed E-state index contributed by atoms with van der Waals surface area (Å²) in [5, 5.41) is 17.4. The number of nitrogens with zero attached hydrogens (tertiary/aromatic N) is 2. The fourth-order valence-electron chi connectivity index (χ4n) is 3.95. The third-order valence-electron chi connectivity index (χ3n) is 5.52. The molecule has 1 fully saturated rings. The molecule has 1 aliphatic heterocycles. The first kappa shape index (κ1) is 26.2. The Morgan fingerprint density at radius 3 is 2.62 bits per heavy atom. The lowest BCUT2D eigenvalue weighted by molar-refractivity contribution is -0.128. The zero-order chi connectivity index (χ0) is 22.4. The van der Waals surface area contributed by atoms with Crippen LogP contribution in [0.1, 0.15) is 54.9 Å². The number of benzene rings is 1. The number of hydrogen-bond acceptors (Lipinski definition) is 4. The molecule has 2 aromatic rings. The van der Waals surface area contributed by atoms with Crippen molar-refractivity contribution in [3.05, 3.63) is 58.5 Å². The number of aryl methyl sites for hydroxylation is 2. The summed E-state index contributed by atoms with van der Waals surface area (Å²) in [6, 6.07) is 10.1. The first-order valence-corrected chi connectivity index (χ1v) is 11.0. The van der Waals surface area contributed by atoms with Crippen LogP contribution < -0.4 is 10.6 Å². The van der Waals surface area contributed by atoms with Gasteiger partial charge in [0.1, 0.15) is 17.1 Å². The summed E-state index contributed by atoms with van der Waals surface area (Å²) >= 11 is 0. The van der Waals surface area contributed by atoms with Gasteiger partial charge in [0.2, 0.25) is 5.91 Å². The van der Waals surface area contributed by atoms with Gasteiger partial charge in [-0.2, -0.15) is 0 Å². The average molecular weight is 554 g/mol. The summed E-state index contributed by atoms with van der Waals surface area (Å²) in [4.78, 5) is 18.5. The van der Waals surface area contributed by atoms with Crippen molar-refractivity contribution in [2.45, 2.75) is 59.2 Å². The topological polar surface area (TPSA) is 90.1 Å². The molecular weight excluding hydrogens is 519 g/mol. The molecule has 1 atom stereocenters. The van der Waals surface area contributed by atoms with Crippen molar-refractivity contribution in [1.29, 1.82) is 0 Å². The SMILES string of the molecule is CCNC(=NCc1cccc(CN2CCCC2=O)c1)NCC(C)(O)c1cc(C)oc1C.I. The van der Waals surface area contributed by atoms with E-state index in [4.69, 9.17) is 4.42 Å². The molecule has 0 aliphatic carbocycles. The maximum Gasteiger partial charge on any atom is 0.222 e. The minimum Gasteiger partial charge on any atom is -0.466 e. The molecule has 3 rings (SSSR count). The molecule has 176 valence electrons. The van der Waals surface area contributed by atoms with E-state index in [1.807, 2.05) is 43.9 Å². The third-order valence-corrected chi connectivity index (χ3v) is 5.52. The minimum atomic E-state index is -1.08. The Balaban J connectivity index is 0.00000363. The van der Waals surface area contributed by atoms with Crippen molar-refractivity contribution in [2.24, 2.45) is 4.99 Å². The van der Waals surface area contributed by atoms with Crippen LogP contribution in [-0.2, 0) is 23.5 Å². The Bertz CT molecular complexity index is 939. The molecule has 0 saturated carbocycles. The summed E-state index contributed by atoms with van der Waals surface area (Å²) in [5.74, 6) is 2.38. The maximum atomic E-state index is 11.9. The maximum absolute atomic E-state index is 11.9. The quantitative estimate of drug-likeness (QED) is 0.264. The Hall–Kier alpha value is -2.07. The van der Waals surface area contributed by atoms with Crippen LogP contribution >= 0.6 is 24.0 Å². The summed E-state index contributed by atoms with van der Waals surface area (Å²) < 4.78 is 5.57. The number of furan rings is 1. The van der Waals surface area contributed by atoms with Gasteiger partial charge in [0, 0.05) is 31.6 Å². The fourth-order valence-corrected chi connectivity index (χ4v) is 3.95. The molecule has 1 amide bonds. The Kier molecular flexibility index (Phi) is 9.57. The van der Waals surface area contributed by atoms with Gasteiger partial charge in [-0.05, 0) is 51.3 Å². The highest BCUT2D eigenvalue weighted by molar-refractivity contribution is 14.0. The molecule has 0 spiro atoms. The molecule has 0 bridgehead atoms. The van der Waals surface area contributed by atoms with E-state index in [1.165, 1.54) is 0 Å². The van der Waals surface area contributed by atoms with Crippen molar-refractivity contribution in [1.82, 2.24) is 15.5 Å². The number of halogens is 1. The molecule has 1 aliphatic rings. The van der Waals surface area contributed by atoms with Crippen molar-refractivity contribution < 1.29 is 14.3 Å². The van der Waals surface area contributed by atoms with Crippen molar-refractivity contribution >= 4 is 35.8 Å². The van der Waals surface area contributed by atoms with Gasteiger partial charge in [0.25, 0.3) is 0 Å². The van der Waals surface area contributed by atoms with Crippen molar-refractivity contribution in [3.63, 3.8) is 0 Å². The molecule has 1 aromatic heterocycles. The van der Waals surface area contributed by atoms with Crippen LogP contribution in [-0.4, -0.2) is 41.5 Å². The normalized spacial score (nSPS) is 16.0. The molecule has 1 aromatic carbocycles. The fraction of sp³-hybridized carbons (Fsp3) is 0.500. The molecule has 32 heavy (non-hydrogen) atoms. The summed E-state index contributed by atoms with van der Waals surface area (Å²) in [6.07, 6.45) is 1.60. The molecule has 1 unspecified atom stereocenters. The highest BCUT2D eigenvalue weighted by Crippen LogP contribution is 2.26. The highest BCUT2D eigenvalue weighted by Gasteiger charge is 2.28. The minimum absolute atomic E-state index is 0. The predicted molar refractivity (Wildman–Crippen MR) is 137 cm³/mol. The van der Waals surface area contributed by atoms with E-state index >= 15 is 0 Å². The van der Waals surface area contributed by atoms with Gasteiger partial charge in [-0.15, -0.1) is 24.0 Å². The molecule has 3 N–H and O–H groups in total. The Labute approximate surface area is 207 Å². The third kappa shape index (κ3) is 6.96. The van der Waals surface area contributed by atoms with Crippen LogP contribution in [0.4, 0.5) is 0 Å². The summed E-state index contributed by atoms with van der Waals surface area (Å²) in [5.41, 5.74) is 1.89. The van der Waals surface area contributed by atoms with Gasteiger partial charge in [-0.1, -0.05) is 24.3 Å². The molecule has 2 heterocycles. The van der Waals surface area contributed by atoms with E-state index in [-0.39, 0.29) is 29.9 Å². The van der Waals surface area contributed by atoms with E-state index in [0.717, 1.165) is 47.7 Å². The first-order chi connectivity index (χ1) is 14.8. The molecule has 1 saturated heterocycles. The number of carbonyl (C=O) groups excluding carboxylic acids is 1. The smallest absolute Gasteiger partial charge is 0.222 e. The van der Waals surface area contributed by atoms with E-state index in [1.54, 1.807) is 6.92 Å². The number of guanidine groups is 1. The number of rotatable bonds is 8. The second-order valence-corrected chi connectivity index (χ2v) is 8.39. The first-order valence-electron chi connectivity index (χ1n) is 11.0. The van der Waals surface area contributed by atoms with E-state index in [0.29, 0.717) is 32.0 Å². The van der Waals surface area contributed by atoms with Crippen LogP contribution in [0, 0.1) is 13.8 Å². The average Bonchev–Trinajstić information content (AvgIpc) is 3.29. The molecule has 8 heteroatoms. The zero-order valence-electron chi connectivity index (χ0n) is 19.4. The summed E-state index contributed by atoms with van der Waals surface area (Å²) in [6.45, 7) is 10.5. The number of likely N-dealkylation sites (tertiary alicyclic amines) is 1. The van der Waals surface area contributed by atoms with E-state index in [9.17, 15) is 9.90 Å². The van der Waals surface area contributed by atoms with Gasteiger partial charge in [-0.3, -0.25) is 4.79 Å². The van der Waals surface area contributed by atoms with Gasteiger partial charge in [0.05, 0.1) is 13.1 Å². The monoisotopic (exact) mass is 554 g/mol. The van der Waals surface area contributed by atoms with E-state index < -0.39 is 5.60 Å².